The highest BCUT2D eigenvalue weighted by atomic mass is 16.5. The van der Waals surface area contributed by atoms with Gasteiger partial charge in [0, 0.05) is 25.2 Å². The number of ether oxygens (including phenoxy) is 1. The summed E-state index contributed by atoms with van der Waals surface area (Å²) in [7, 11) is 1.61. The van der Waals surface area contributed by atoms with Crippen molar-refractivity contribution < 1.29 is 14.6 Å². The van der Waals surface area contributed by atoms with E-state index in [1.54, 1.807) is 14.0 Å². The zero-order valence-electron chi connectivity index (χ0n) is 11.3. The Morgan fingerprint density at radius 2 is 2.16 bits per heavy atom. The van der Waals surface area contributed by atoms with Gasteiger partial charge in [0.05, 0.1) is 19.3 Å². The summed E-state index contributed by atoms with van der Waals surface area (Å²) < 4.78 is 5.22. The molecule has 19 heavy (non-hydrogen) atoms. The molecule has 0 spiro atoms. The zero-order valence-corrected chi connectivity index (χ0v) is 11.3. The SMILES string of the molecule is COc1ccccc1CNC(=O)CN1CC(C)(O)C1. The highest BCUT2D eigenvalue weighted by Gasteiger charge is 2.36. The fourth-order valence-electron chi connectivity index (χ4n) is 2.33. The molecule has 2 rings (SSSR count). The number of para-hydroxylation sites is 1. The van der Waals surface area contributed by atoms with Crippen molar-refractivity contribution in [2.45, 2.75) is 19.1 Å². The quantitative estimate of drug-likeness (QED) is 0.807. The van der Waals surface area contributed by atoms with Crippen LogP contribution in [0.25, 0.3) is 0 Å². The van der Waals surface area contributed by atoms with Crippen LogP contribution in [0.15, 0.2) is 24.3 Å². The number of likely N-dealkylation sites (tertiary alicyclic amines) is 1. The number of methoxy groups -OCH3 is 1. The molecule has 0 unspecified atom stereocenters. The van der Waals surface area contributed by atoms with Gasteiger partial charge in [-0.05, 0) is 13.0 Å². The van der Waals surface area contributed by atoms with Gasteiger partial charge in [-0.25, -0.2) is 0 Å². The molecule has 104 valence electrons. The summed E-state index contributed by atoms with van der Waals surface area (Å²) in [5.41, 5.74) is 0.317. The smallest absolute Gasteiger partial charge is 0.234 e. The topological polar surface area (TPSA) is 61.8 Å². The molecule has 1 heterocycles. The van der Waals surface area contributed by atoms with Crippen molar-refractivity contribution in [1.29, 1.82) is 0 Å². The number of β-amino-alcohol motifs (C(OH)–C–C–N with tert-alkyl or cyclic N) is 1. The van der Waals surface area contributed by atoms with Crippen LogP contribution in [0.1, 0.15) is 12.5 Å². The standard InChI is InChI=1S/C14H20N2O3/c1-14(18)9-16(10-14)8-13(17)15-7-11-5-3-4-6-12(11)19-2/h3-6,18H,7-10H2,1-2H3,(H,15,17). The second kappa shape index (κ2) is 5.59. The molecule has 0 atom stereocenters. The van der Waals surface area contributed by atoms with Gasteiger partial charge in [0.25, 0.3) is 0 Å². The van der Waals surface area contributed by atoms with Gasteiger partial charge in [-0.3, -0.25) is 9.69 Å². The van der Waals surface area contributed by atoms with Gasteiger partial charge in [0.15, 0.2) is 0 Å². The molecule has 5 heteroatoms. The van der Waals surface area contributed by atoms with Crippen LogP contribution in [-0.2, 0) is 11.3 Å². The van der Waals surface area contributed by atoms with Crippen LogP contribution in [0.5, 0.6) is 5.75 Å². The molecular formula is C14H20N2O3. The minimum atomic E-state index is -0.636. The van der Waals surface area contributed by atoms with Crippen LogP contribution in [0.3, 0.4) is 0 Å². The lowest BCUT2D eigenvalue weighted by Gasteiger charge is -2.43. The highest BCUT2D eigenvalue weighted by Crippen LogP contribution is 2.19. The number of benzene rings is 1. The Morgan fingerprint density at radius 1 is 1.47 bits per heavy atom. The number of nitrogens with zero attached hydrogens (tertiary/aromatic N) is 1. The van der Waals surface area contributed by atoms with E-state index < -0.39 is 5.60 Å². The predicted molar refractivity (Wildman–Crippen MR) is 71.9 cm³/mol. The summed E-state index contributed by atoms with van der Waals surface area (Å²) in [6.45, 7) is 3.65. The number of carbonyl (C=O) groups excluding carboxylic acids is 1. The maximum Gasteiger partial charge on any atom is 0.234 e. The van der Waals surface area contributed by atoms with Crippen molar-refractivity contribution in [3.63, 3.8) is 0 Å². The summed E-state index contributed by atoms with van der Waals surface area (Å²) >= 11 is 0. The number of rotatable bonds is 5. The monoisotopic (exact) mass is 264 g/mol. The molecule has 1 fully saturated rings. The molecule has 5 nitrogen and oxygen atoms in total. The van der Waals surface area contributed by atoms with Crippen molar-refractivity contribution in [2.75, 3.05) is 26.7 Å². The number of hydrogen-bond acceptors (Lipinski definition) is 4. The molecular weight excluding hydrogens is 244 g/mol. The molecule has 0 saturated carbocycles. The van der Waals surface area contributed by atoms with E-state index in [-0.39, 0.29) is 5.91 Å². The van der Waals surface area contributed by atoms with Crippen LogP contribution in [0.4, 0.5) is 0 Å². The molecule has 0 aliphatic carbocycles. The minimum absolute atomic E-state index is 0.0404. The van der Waals surface area contributed by atoms with Gasteiger partial charge in [-0.15, -0.1) is 0 Å². The third kappa shape index (κ3) is 3.68. The normalized spacial score (nSPS) is 17.6. The van der Waals surface area contributed by atoms with Crippen LogP contribution in [0, 0.1) is 0 Å². The van der Waals surface area contributed by atoms with Gasteiger partial charge in [-0.2, -0.15) is 0 Å². The fraction of sp³-hybridized carbons (Fsp3) is 0.500. The number of carbonyl (C=O) groups is 1. The Hall–Kier alpha value is -1.59. The van der Waals surface area contributed by atoms with E-state index in [1.807, 2.05) is 29.2 Å². The van der Waals surface area contributed by atoms with E-state index >= 15 is 0 Å². The third-order valence-electron chi connectivity index (χ3n) is 3.16. The molecule has 0 bridgehead atoms. The highest BCUT2D eigenvalue weighted by molar-refractivity contribution is 5.78. The minimum Gasteiger partial charge on any atom is -0.496 e. The molecule has 2 N–H and O–H groups in total. The van der Waals surface area contributed by atoms with E-state index in [9.17, 15) is 9.90 Å². The van der Waals surface area contributed by atoms with E-state index in [4.69, 9.17) is 4.74 Å². The van der Waals surface area contributed by atoms with E-state index in [2.05, 4.69) is 5.32 Å². The largest absolute Gasteiger partial charge is 0.496 e. The van der Waals surface area contributed by atoms with E-state index in [1.165, 1.54) is 0 Å². The predicted octanol–water partition coefficient (Wildman–Crippen LogP) is 0.378. The number of hydrogen-bond donors (Lipinski definition) is 2. The van der Waals surface area contributed by atoms with Gasteiger partial charge >= 0.3 is 0 Å². The summed E-state index contributed by atoms with van der Waals surface area (Å²) in [4.78, 5) is 13.7. The fourth-order valence-corrected chi connectivity index (χ4v) is 2.33. The Labute approximate surface area is 113 Å². The lowest BCUT2D eigenvalue weighted by molar-refractivity contribution is -0.130. The molecule has 1 aliphatic rings. The average molecular weight is 264 g/mol. The van der Waals surface area contributed by atoms with Crippen molar-refractivity contribution in [1.82, 2.24) is 10.2 Å². The second-order valence-electron chi connectivity index (χ2n) is 5.23. The Bertz CT molecular complexity index is 452. The molecule has 1 aliphatic heterocycles. The second-order valence-corrected chi connectivity index (χ2v) is 5.23. The van der Waals surface area contributed by atoms with Crippen molar-refractivity contribution in [2.24, 2.45) is 0 Å². The van der Waals surface area contributed by atoms with E-state index in [0.717, 1.165) is 11.3 Å². The number of amides is 1. The number of aliphatic hydroxyl groups is 1. The van der Waals surface area contributed by atoms with Crippen LogP contribution in [-0.4, -0.2) is 48.3 Å². The Morgan fingerprint density at radius 3 is 2.79 bits per heavy atom. The maximum atomic E-state index is 11.8. The maximum absolute atomic E-state index is 11.8. The lowest BCUT2D eigenvalue weighted by atomic mass is 9.97. The van der Waals surface area contributed by atoms with Gasteiger partial charge < -0.3 is 15.2 Å². The van der Waals surface area contributed by atoms with Crippen LogP contribution in [0.2, 0.25) is 0 Å². The summed E-state index contributed by atoms with van der Waals surface area (Å²) in [5.74, 6) is 0.732. The van der Waals surface area contributed by atoms with Crippen molar-refractivity contribution in [3.05, 3.63) is 29.8 Å². The summed E-state index contributed by atoms with van der Waals surface area (Å²) in [6, 6.07) is 7.60. The van der Waals surface area contributed by atoms with Gasteiger partial charge in [0.2, 0.25) is 5.91 Å². The molecule has 1 saturated heterocycles. The Kier molecular flexibility index (Phi) is 4.07. The average Bonchev–Trinajstić information content (AvgIpc) is 2.34. The first-order valence-corrected chi connectivity index (χ1v) is 6.33. The number of nitrogens with one attached hydrogen (secondary N) is 1. The van der Waals surface area contributed by atoms with Crippen LogP contribution < -0.4 is 10.1 Å². The molecule has 0 aromatic heterocycles. The first-order valence-electron chi connectivity index (χ1n) is 6.33. The first kappa shape index (κ1) is 13.8. The van der Waals surface area contributed by atoms with Gasteiger partial charge in [0.1, 0.15) is 5.75 Å². The van der Waals surface area contributed by atoms with E-state index in [0.29, 0.717) is 26.2 Å². The van der Waals surface area contributed by atoms with Gasteiger partial charge in [-0.1, -0.05) is 18.2 Å². The third-order valence-corrected chi connectivity index (χ3v) is 3.16. The summed E-state index contributed by atoms with van der Waals surface area (Å²) in [6.07, 6.45) is 0. The van der Waals surface area contributed by atoms with Crippen molar-refractivity contribution in [3.8, 4) is 5.75 Å². The zero-order chi connectivity index (χ0) is 13.9. The molecule has 1 aromatic rings. The van der Waals surface area contributed by atoms with Crippen LogP contribution >= 0.6 is 0 Å². The first-order chi connectivity index (χ1) is 9.00. The molecule has 1 aromatic carbocycles. The lowest BCUT2D eigenvalue weighted by Crippen LogP contribution is -2.61. The van der Waals surface area contributed by atoms with Crippen molar-refractivity contribution >= 4 is 5.91 Å². The summed E-state index contributed by atoms with van der Waals surface area (Å²) in [5, 5.41) is 12.4. The molecule has 0 radical (unpaired) electrons. The molecule has 1 amide bonds. The Balaban J connectivity index is 1.77.